The summed E-state index contributed by atoms with van der Waals surface area (Å²) in [6, 6.07) is 7.08. The summed E-state index contributed by atoms with van der Waals surface area (Å²) in [5.41, 5.74) is 1.10. The van der Waals surface area contributed by atoms with Crippen molar-refractivity contribution in [1.82, 2.24) is 9.80 Å². The molecule has 1 heterocycles. The molecule has 1 aliphatic heterocycles. The van der Waals surface area contributed by atoms with Crippen LogP contribution in [-0.2, 0) is 0 Å². The van der Waals surface area contributed by atoms with E-state index in [1.807, 2.05) is 0 Å². The molecule has 0 spiro atoms. The van der Waals surface area contributed by atoms with Crippen molar-refractivity contribution in [3.8, 4) is 0 Å². The number of unbranched alkanes of at least 4 members (excludes halogenated alkanes) is 3. The number of hydrogen-bond acceptors (Lipinski definition) is 3. The first-order valence-electron chi connectivity index (χ1n) is 8.36. The second kappa shape index (κ2) is 8.08. The fourth-order valence-corrected chi connectivity index (χ4v) is 2.94. The van der Waals surface area contributed by atoms with E-state index in [4.69, 9.17) is 0 Å². The van der Waals surface area contributed by atoms with E-state index in [-0.39, 0.29) is 11.8 Å². The van der Waals surface area contributed by atoms with Gasteiger partial charge in [-0.2, -0.15) is 0 Å². The lowest BCUT2D eigenvalue weighted by Gasteiger charge is -2.17. The van der Waals surface area contributed by atoms with Crippen molar-refractivity contribution in [3.05, 3.63) is 35.4 Å². The summed E-state index contributed by atoms with van der Waals surface area (Å²) in [5.74, 6) is -0.271. The Labute approximate surface area is 133 Å². The highest BCUT2D eigenvalue weighted by Crippen LogP contribution is 2.22. The first-order chi connectivity index (χ1) is 10.7. The van der Waals surface area contributed by atoms with Crippen molar-refractivity contribution >= 4 is 11.8 Å². The van der Waals surface area contributed by atoms with E-state index < -0.39 is 0 Å². The molecule has 120 valence electrons. The van der Waals surface area contributed by atoms with E-state index in [0.717, 1.165) is 38.9 Å². The average Bonchev–Trinajstić information content (AvgIpc) is 2.79. The van der Waals surface area contributed by atoms with Crippen molar-refractivity contribution in [3.63, 3.8) is 0 Å². The van der Waals surface area contributed by atoms with Gasteiger partial charge in [0.2, 0.25) is 0 Å². The third-order valence-electron chi connectivity index (χ3n) is 4.38. The first-order valence-corrected chi connectivity index (χ1v) is 8.36. The molecule has 2 amide bonds. The van der Waals surface area contributed by atoms with E-state index in [0.29, 0.717) is 17.7 Å². The van der Waals surface area contributed by atoms with Crippen LogP contribution in [0, 0.1) is 0 Å². The van der Waals surface area contributed by atoms with Gasteiger partial charge in [0, 0.05) is 6.54 Å². The first kappa shape index (κ1) is 16.7. The molecule has 0 N–H and O–H groups in total. The molecular formula is C18H26N2O2. The summed E-state index contributed by atoms with van der Waals surface area (Å²) in [4.78, 5) is 28.2. The van der Waals surface area contributed by atoms with Crippen LogP contribution in [0.4, 0.5) is 0 Å². The van der Waals surface area contributed by atoms with E-state index in [2.05, 4.69) is 18.7 Å². The lowest BCUT2D eigenvalue weighted by Crippen LogP contribution is -2.30. The molecule has 0 radical (unpaired) electrons. The highest BCUT2D eigenvalue weighted by molar-refractivity contribution is 6.21. The number of carbonyl (C=O) groups is 2. The number of hydrogen-bond donors (Lipinski definition) is 0. The van der Waals surface area contributed by atoms with Crippen molar-refractivity contribution in [2.75, 3.05) is 26.2 Å². The van der Waals surface area contributed by atoms with Gasteiger partial charge in [-0.05, 0) is 44.6 Å². The van der Waals surface area contributed by atoms with Crippen molar-refractivity contribution in [2.24, 2.45) is 0 Å². The van der Waals surface area contributed by atoms with E-state index >= 15 is 0 Å². The molecule has 4 heteroatoms. The second-order valence-corrected chi connectivity index (χ2v) is 5.75. The lowest BCUT2D eigenvalue weighted by atomic mass is 10.1. The van der Waals surface area contributed by atoms with Gasteiger partial charge in [-0.25, -0.2) is 0 Å². The summed E-state index contributed by atoms with van der Waals surface area (Å²) in [6.07, 6.45) is 4.29. The Morgan fingerprint density at radius 3 is 1.95 bits per heavy atom. The Bertz CT molecular complexity index is 489. The molecule has 22 heavy (non-hydrogen) atoms. The smallest absolute Gasteiger partial charge is 0.261 e. The molecule has 0 bridgehead atoms. The zero-order valence-electron chi connectivity index (χ0n) is 13.7. The predicted octanol–water partition coefficient (Wildman–Crippen LogP) is 3.18. The number of amides is 2. The van der Waals surface area contributed by atoms with E-state index in [9.17, 15) is 9.59 Å². The van der Waals surface area contributed by atoms with Crippen LogP contribution in [0.3, 0.4) is 0 Å². The van der Waals surface area contributed by atoms with E-state index in [1.54, 1.807) is 24.3 Å². The van der Waals surface area contributed by atoms with Gasteiger partial charge in [-0.1, -0.05) is 38.8 Å². The van der Waals surface area contributed by atoms with Gasteiger partial charge < -0.3 is 4.90 Å². The maximum atomic E-state index is 12.2. The van der Waals surface area contributed by atoms with Crippen LogP contribution >= 0.6 is 0 Å². The Morgan fingerprint density at radius 2 is 1.41 bits per heavy atom. The van der Waals surface area contributed by atoms with Crippen LogP contribution in [0.15, 0.2) is 24.3 Å². The summed E-state index contributed by atoms with van der Waals surface area (Å²) >= 11 is 0. The normalized spacial score (nSPS) is 14.0. The van der Waals surface area contributed by atoms with Crippen molar-refractivity contribution in [2.45, 2.75) is 39.5 Å². The topological polar surface area (TPSA) is 40.6 Å². The molecule has 0 atom stereocenters. The Hall–Kier alpha value is -1.68. The number of fused-ring (bicyclic) bond motifs is 1. The minimum atomic E-state index is -0.135. The van der Waals surface area contributed by atoms with Crippen molar-refractivity contribution < 1.29 is 9.59 Å². The van der Waals surface area contributed by atoms with Gasteiger partial charge in [0.05, 0.1) is 11.1 Å². The number of carbonyl (C=O) groups excluding carboxylic acids is 2. The lowest BCUT2D eigenvalue weighted by molar-refractivity contribution is 0.0651. The summed E-state index contributed by atoms with van der Waals surface area (Å²) in [6.45, 7) is 8.26. The number of benzene rings is 1. The summed E-state index contributed by atoms with van der Waals surface area (Å²) < 4.78 is 0. The Morgan fingerprint density at radius 1 is 0.864 bits per heavy atom. The maximum Gasteiger partial charge on any atom is 0.261 e. The third-order valence-corrected chi connectivity index (χ3v) is 4.38. The minimum absolute atomic E-state index is 0.135. The monoisotopic (exact) mass is 302 g/mol. The van der Waals surface area contributed by atoms with Crippen LogP contribution in [0.5, 0.6) is 0 Å². The molecule has 2 rings (SSSR count). The molecule has 0 unspecified atom stereocenters. The van der Waals surface area contributed by atoms with Crippen LogP contribution in [-0.4, -0.2) is 47.8 Å². The van der Waals surface area contributed by atoms with Gasteiger partial charge in [0.15, 0.2) is 0 Å². The molecule has 1 aliphatic rings. The largest absolute Gasteiger partial charge is 0.304 e. The number of imide groups is 1. The molecule has 0 saturated carbocycles. The molecule has 1 aromatic carbocycles. The third kappa shape index (κ3) is 3.74. The molecule has 0 fully saturated rings. The van der Waals surface area contributed by atoms with Crippen LogP contribution < -0.4 is 0 Å². The number of rotatable bonds is 9. The van der Waals surface area contributed by atoms with Crippen LogP contribution in [0.1, 0.15) is 60.2 Å². The summed E-state index contributed by atoms with van der Waals surface area (Å²) in [7, 11) is 0. The molecule has 1 aromatic rings. The standard InChI is InChI=1S/C18H26N2O2/c1-3-19(4-2)13-9-5-6-10-14-20-17(21)15-11-7-8-12-16(15)18(20)22/h7-8,11-12H,3-6,9-10,13-14H2,1-2H3. The van der Waals surface area contributed by atoms with Crippen LogP contribution in [0.25, 0.3) is 0 Å². The average molecular weight is 302 g/mol. The fraction of sp³-hybridized carbons (Fsp3) is 0.556. The van der Waals surface area contributed by atoms with Gasteiger partial charge in [-0.3, -0.25) is 14.5 Å². The van der Waals surface area contributed by atoms with Crippen LogP contribution in [0.2, 0.25) is 0 Å². The minimum Gasteiger partial charge on any atom is -0.304 e. The molecule has 0 saturated heterocycles. The predicted molar refractivity (Wildman–Crippen MR) is 88.1 cm³/mol. The Kier molecular flexibility index (Phi) is 6.13. The van der Waals surface area contributed by atoms with Gasteiger partial charge in [-0.15, -0.1) is 0 Å². The van der Waals surface area contributed by atoms with Gasteiger partial charge in [0.1, 0.15) is 0 Å². The maximum absolute atomic E-state index is 12.2. The zero-order valence-corrected chi connectivity index (χ0v) is 13.7. The number of nitrogens with zero attached hydrogens (tertiary/aromatic N) is 2. The fourth-order valence-electron chi connectivity index (χ4n) is 2.94. The quantitative estimate of drug-likeness (QED) is 0.519. The molecule has 0 aromatic heterocycles. The summed E-state index contributed by atoms with van der Waals surface area (Å²) in [5, 5.41) is 0. The second-order valence-electron chi connectivity index (χ2n) is 5.75. The SMILES string of the molecule is CCN(CC)CCCCCCN1C(=O)c2ccccc2C1=O. The molecule has 0 aliphatic carbocycles. The van der Waals surface area contributed by atoms with Gasteiger partial charge >= 0.3 is 0 Å². The molecular weight excluding hydrogens is 276 g/mol. The zero-order chi connectivity index (χ0) is 15.9. The molecule has 4 nitrogen and oxygen atoms in total. The van der Waals surface area contributed by atoms with Crippen molar-refractivity contribution in [1.29, 1.82) is 0 Å². The Balaban J connectivity index is 1.71. The highest BCUT2D eigenvalue weighted by Gasteiger charge is 2.34. The highest BCUT2D eigenvalue weighted by atomic mass is 16.2. The van der Waals surface area contributed by atoms with Gasteiger partial charge in [0.25, 0.3) is 11.8 Å². The van der Waals surface area contributed by atoms with E-state index in [1.165, 1.54) is 11.3 Å².